The van der Waals surface area contributed by atoms with Crippen LogP contribution >= 0.6 is 11.3 Å². The number of nitrogens with zero attached hydrogens (tertiary/aromatic N) is 1. The van der Waals surface area contributed by atoms with Crippen molar-refractivity contribution < 1.29 is 30.0 Å². The Morgan fingerprint density at radius 3 is 2.32 bits per heavy atom. The molecule has 199 valence electrons. The number of carbonyl (C=O) groups is 1. The number of aromatic nitrogens is 1. The number of fused-ring (bicyclic) bond motifs is 4. The molecule has 3 nitrogen and oxygen atoms in total. The van der Waals surface area contributed by atoms with Gasteiger partial charge in [0, 0.05) is 26.2 Å². The summed E-state index contributed by atoms with van der Waals surface area (Å²) in [5.74, 6) is 7.76. The van der Waals surface area contributed by atoms with Crippen LogP contribution in [0.15, 0.2) is 72.6 Å². The molecule has 0 atom stereocenters. The van der Waals surface area contributed by atoms with Gasteiger partial charge in [-0.25, -0.2) is 0 Å². The Labute approximate surface area is 245 Å². The minimum atomic E-state index is -1.86. The minimum Gasteiger partial charge on any atom is 0 e. The Balaban J connectivity index is 0.000000444. The van der Waals surface area contributed by atoms with E-state index in [9.17, 15) is 4.79 Å². The zero-order valence-corrected chi connectivity index (χ0v) is 28.3. The normalized spacial score (nSPS) is 11.9. The van der Waals surface area contributed by atoms with Crippen molar-refractivity contribution in [2.45, 2.75) is 50.9 Å². The summed E-state index contributed by atoms with van der Waals surface area (Å²) in [6, 6.07) is 23.8. The molecule has 0 bridgehead atoms. The molecule has 1 N–H and O–H groups in total. The summed E-state index contributed by atoms with van der Waals surface area (Å²) in [4.78, 5) is 14.9. The van der Waals surface area contributed by atoms with Crippen molar-refractivity contribution in [1.82, 2.24) is 4.98 Å². The topological polar surface area (TPSA) is 50.2 Å². The number of carbonyl (C=O) groups excluding carboxylic acids is 1. The Bertz CT molecular complexity index is 1640. The summed E-state index contributed by atoms with van der Waals surface area (Å²) in [6.07, 6.45) is 3.12. The van der Waals surface area contributed by atoms with Gasteiger partial charge in [-0.05, 0) is 13.8 Å². The fourth-order valence-electron chi connectivity index (χ4n) is 4.55. The van der Waals surface area contributed by atoms with E-state index in [4.69, 9.17) is 10.1 Å². The van der Waals surface area contributed by atoms with Crippen LogP contribution in [0.2, 0.25) is 17.3 Å². The van der Waals surface area contributed by atoms with Crippen molar-refractivity contribution in [2.75, 3.05) is 0 Å². The van der Waals surface area contributed by atoms with Gasteiger partial charge < -0.3 is 5.11 Å². The second-order valence-electron chi connectivity index (χ2n) is 10.8. The van der Waals surface area contributed by atoms with Crippen molar-refractivity contribution in [3.05, 3.63) is 84.3 Å². The molecule has 0 unspecified atom stereocenters. The first kappa shape index (κ1) is 30.2. The third-order valence-electron chi connectivity index (χ3n) is 6.35. The van der Waals surface area contributed by atoms with Crippen molar-refractivity contribution in [3.63, 3.8) is 0 Å². The molecule has 1 radical (unpaired) electrons. The maximum absolute atomic E-state index is 10.0. The third kappa shape index (κ3) is 6.63. The number of pyridine rings is 1. The molecule has 0 aliphatic carbocycles. The van der Waals surface area contributed by atoms with Gasteiger partial charge in [0.1, 0.15) is 0 Å². The summed E-state index contributed by atoms with van der Waals surface area (Å²) in [7, 11) is 0. The van der Waals surface area contributed by atoms with Gasteiger partial charge in [0.25, 0.3) is 0 Å². The van der Waals surface area contributed by atoms with Crippen molar-refractivity contribution in [3.8, 4) is 11.3 Å². The van der Waals surface area contributed by atoms with Crippen molar-refractivity contribution in [1.29, 1.82) is 0 Å². The van der Waals surface area contributed by atoms with Crippen LogP contribution in [0.5, 0.6) is 0 Å². The summed E-state index contributed by atoms with van der Waals surface area (Å²) in [5.41, 5.74) is 3.51. The monoisotopic (exact) mass is 763 g/mol. The van der Waals surface area contributed by atoms with Crippen LogP contribution in [-0.4, -0.2) is 29.1 Å². The van der Waals surface area contributed by atoms with E-state index >= 15 is 0 Å². The van der Waals surface area contributed by atoms with E-state index in [-0.39, 0.29) is 31.6 Å². The van der Waals surface area contributed by atoms with Gasteiger partial charge in [0.2, 0.25) is 0 Å². The summed E-state index contributed by atoms with van der Waals surface area (Å²) >= 11 is 0.0284. The maximum atomic E-state index is 10.0. The van der Waals surface area contributed by atoms with Gasteiger partial charge >= 0.3 is 186 Å². The SMILES string of the molecule is CC(=O)/C=C(/C)O.CC(C)c1cc(-c2nccc3sc4c[c]([Ge]([CH3])([CH3])[CH3])ccc4c23)[c-]c2ccccc12.[Ir]. The molecule has 2 heterocycles. The second kappa shape index (κ2) is 12.3. The van der Waals surface area contributed by atoms with Crippen LogP contribution in [-0.2, 0) is 24.9 Å². The van der Waals surface area contributed by atoms with Gasteiger partial charge in [0.15, 0.2) is 5.78 Å². The molecule has 0 amide bonds. The average molecular weight is 762 g/mol. The molecule has 0 aliphatic rings. The largest absolute Gasteiger partial charge is 0 e. The smallest absolute Gasteiger partial charge is 0 e. The number of ketones is 1. The predicted octanol–water partition coefficient (Wildman–Crippen LogP) is 8.77. The van der Waals surface area contributed by atoms with Gasteiger partial charge in [-0.2, -0.15) is 0 Å². The van der Waals surface area contributed by atoms with Gasteiger partial charge in [-0.1, -0.05) is 0 Å². The van der Waals surface area contributed by atoms with E-state index in [2.05, 4.69) is 91.8 Å². The van der Waals surface area contributed by atoms with Gasteiger partial charge in [0.05, 0.1) is 5.76 Å². The number of allylic oxidation sites excluding steroid dienone is 2. The van der Waals surface area contributed by atoms with Crippen LogP contribution in [0, 0.1) is 6.07 Å². The molecule has 3 aromatic carbocycles. The van der Waals surface area contributed by atoms with Crippen molar-refractivity contribution >= 4 is 65.7 Å². The molecule has 2 aromatic heterocycles. The molecule has 5 rings (SSSR count). The van der Waals surface area contributed by atoms with Crippen LogP contribution in [0.1, 0.15) is 39.2 Å². The third-order valence-corrected chi connectivity index (χ3v) is 11.8. The van der Waals surface area contributed by atoms with E-state index in [0.29, 0.717) is 5.92 Å². The van der Waals surface area contributed by atoms with Crippen LogP contribution in [0.4, 0.5) is 0 Å². The molecule has 0 spiro atoms. The molecule has 6 heteroatoms. The van der Waals surface area contributed by atoms with Gasteiger partial charge in [-0.3, -0.25) is 4.79 Å². The van der Waals surface area contributed by atoms with Crippen molar-refractivity contribution in [2.24, 2.45) is 0 Å². The molecule has 5 aromatic rings. The molecule has 0 aliphatic heterocycles. The predicted molar refractivity (Wildman–Crippen MR) is 163 cm³/mol. The fraction of sp³-hybridized carbons (Fsp3) is 0.250. The molecule has 0 saturated heterocycles. The first-order valence-electron chi connectivity index (χ1n) is 12.6. The molecule has 0 saturated carbocycles. The number of hydrogen-bond acceptors (Lipinski definition) is 4. The van der Waals surface area contributed by atoms with Crippen LogP contribution < -0.4 is 4.40 Å². The first-order valence-corrected chi connectivity index (χ1v) is 20.8. The van der Waals surface area contributed by atoms with Crippen LogP contribution in [0.3, 0.4) is 0 Å². The van der Waals surface area contributed by atoms with E-state index < -0.39 is 13.3 Å². The Hall–Kier alpha value is -2.31. The minimum absolute atomic E-state index is 0. The number of rotatable bonds is 4. The molecule has 38 heavy (non-hydrogen) atoms. The summed E-state index contributed by atoms with van der Waals surface area (Å²) < 4.78 is 4.24. The van der Waals surface area contributed by atoms with E-state index in [0.717, 1.165) is 11.3 Å². The zero-order valence-electron chi connectivity index (χ0n) is 23.0. The Kier molecular flexibility index (Phi) is 9.75. The zero-order chi connectivity index (χ0) is 26.9. The van der Waals surface area contributed by atoms with Gasteiger partial charge in [-0.15, -0.1) is 0 Å². The quantitative estimate of drug-likeness (QED) is 0.0863. The maximum Gasteiger partial charge on any atom is 0 e. The number of aliphatic hydroxyl groups is 1. The molecular formula is C32H34GeIrNO2S-. The van der Waals surface area contributed by atoms with E-state index in [1.54, 1.807) is 4.40 Å². The number of aliphatic hydroxyl groups excluding tert-OH is 1. The standard InChI is InChI=1S/C27H26GeNS.C5H8O2.Ir/c1-17(2)23-15-19(14-18-8-6-7-9-21(18)23)27-26-22-11-10-20(28(3,4)5)16-25(22)30-24(26)12-13-29-27;1-4(6)3-5(2)7;/h6-13,15-17H,1-5H3;3,6H,1-2H3;/q-1;;/b;4-3-;. The molecular weight excluding hydrogens is 727 g/mol. The number of benzene rings is 3. The van der Waals surface area contributed by atoms with Crippen LogP contribution in [0.25, 0.3) is 42.2 Å². The Morgan fingerprint density at radius 1 is 1.00 bits per heavy atom. The number of hydrogen-bond donors (Lipinski definition) is 1. The summed E-state index contributed by atoms with van der Waals surface area (Å²) in [6.45, 7) is 7.37. The summed E-state index contributed by atoms with van der Waals surface area (Å²) in [5, 5.41) is 13.4. The number of thiophene rings is 1. The average Bonchev–Trinajstić information content (AvgIpc) is 3.20. The second-order valence-corrected chi connectivity index (χ2v) is 22.6. The van der Waals surface area contributed by atoms with E-state index in [1.165, 1.54) is 56.4 Å². The fourth-order valence-corrected chi connectivity index (χ4v) is 8.34. The first-order chi connectivity index (χ1) is 17.5. The van der Waals surface area contributed by atoms with E-state index in [1.807, 2.05) is 17.5 Å². The Morgan fingerprint density at radius 2 is 1.71 bits per heavy atom. The molecule has 0 fully saturated rings.